The Labute approximate surface area is 116 Å². The highest BCUT2D eigenvalue weighted by molar-refractivity contribution is 9.10. The SMILES string of the molecule is CNCc1cnn(-c2ccc(Br)cc2)c1C(C)C. The van der Waals surface area contributed by atoms with E-state index in [0.717, 1.165) is 16.7 Å². The van der Waals surface area contributed by atoms with Gasteiger partial charge in [-0.3, -0.25) is 0 Å². The average molecular weight is 308 g/mol. The number of nitrogens with zero attached hydrogens (tertiary/aromatic N) is 2. The fourth-order valence-electron chi connectivity index (χ4n) is 2.12. The molecule has 0 unspecified atom stereocenters. The number of hydrogen-bond acceptors (Lipinski definition) is 2. The molecule has 1 aromatic heterocycles. The van der Waals surface area contributed by atoms with Crippen LogP contribution in [0.4, 0.5) is 0 Å². The zero-order valence-electron chi connectivity index (χ0n) is 10.9. The number of benzene rings is 1. The van der Waals surface area contributed by atoms with Crippen molar-refractivity contribution in [3.05, 3.63) is 46.2 Å². The first-order valence-electron chi connectivity index (χ1n) is 6.10. The van der Waals surface area contributed by atoms with Gasteiger partial charge in [0.15, 0.2) is 0 Å². The van der Waals surface area contributed by atoms with Gasteiger partial charge in [0.25, 0.3) is 0 Å². The Hall–Kier alpha value is -1.13. The van der Waals surface area contributed by atoms with Crippen molar-refractivity contribution in [3.8, 4) is 5.69 Å². The molecule has 18 heavy (non-hydrogen) atoms. The van der Waals surface area contributed by atoms with Crippen LogP contribution in [0, 0.1) is 0 Å². The quantitative estimate of drug-likeness (QED) is 0.937. The van der Waals surface area contributed by atoms with Crippen LogP contribution < -0.4 is 5.32 Å². The molecular formula is C14H18BrN3. The highest BCUT2D eigenvalue weighted by atomic mass is 79.9. The monoisotopic (exact) mass is 307 g/mol. The first kappa shape index (κ1) is 13.3. The largest absolute Gasteiger partial charge is 0.316 e. The van der Waals surface area contributed by atoms with Gasteiger partial charge in [-0.2, -0.15) is 5.10 Å². The molecule has 0 fully saturated rings. The Kier molecular flexibility index (Phi) is 4.19. The lowest BCUT2D eigenvalue weighted by Gasteiger charge is -2.13. The molecule has 0 atom stereocenters. The van der Waals surface area contributed by atoms with E-state index in [-0.39, 0.29) is 0 Å². The minimum Gasteiger partial charge on any atom is -0.316 e. The molecule has 2 aromatic rings. The Morgan fingerprint density at radius 2 is 1.94 bits per heavy atom. The summed E-state index contributed by atoms with van der Waals surface area (Å²) in [5.74, 6) is 0.444. The van der Waals surface area contributed by atoms with Crippen LogP contribution in [-0.2, 0) is 6.54 Å². The second-order valence-electron chi connectivity index (χ2n) is 4.63. The van der Waals surface area contributed by atoms with Gasteiger partial charge in [0, 0.05) is 16.6 Å². The molecule has 1 heterocycles. The summed E-state index contributed by atoms with van der Waals surface area (Å²) >= 11 is 3.46. The molecular weight excluding hydrogens is 290 g/mol. The van der Waals surface area contributed by atoms with Gasteiger partial charge in [-0.1, -0.05) is 29.8 Å². The van der Waals surface area contributed by atoms with E-state index in [1.807, 2.05) is 30.1 Å². The predicted molar refractivity (Wildman–Crippen MR) is 78.1 cm³/mol. The fourth-order valence-corrected chi connectivity index (χ4v) is 2.39. The van der Waals surface area contributed by atoms with E-state index in [1.54, 1.807) is 0 Å². The minimum absolute atomic E-state index is 0.444. The van der Waals surface area contributed by atoms with Gasteiger partial charge in [-0.05, 0) is 37.2 Å². The average Bonchev–Trinajstić information content (AvgIpc) is 2.74. The molecule has 1 N–H and O–H groups in total. The number of nitrogens with one attached hydrogen (secondary N) is 1. The van der Waals surface area contributed by atoms with Crippen molar-refractivity contribution in [2.75, 3.05) is 7.05 Å². The maximum absolute atomic E-state index is 4.52. The van der Waals surface area contributed by atoms with Crippen molar-refractivity contribution in [2.24, 2.45) is 0 Å². The van der Waals surface area contributed by atoms with E-state index in [2.05, 4.69) is 52.3 Å². The van der Waals surface area contributed by atoms with Crippen molar-refractivity contribution >= 4 is 15.9 Å². The van der Waals surface area contributed by atoms with Gasteiger partial charge < -0.3 is 5.32 Å². The summed E-state index contributed by atoms with van der Waals surface area (Å²) in [7, 11) is 1.96. The lowest BCUT2D eigenvalue weighted by molar-refractivity contribution is 0.713. The number of halogens is 1. The third-order valence-corrected chi connectivity index (χ3v) is 3.40. The molecule has 2 rings (SSSR count). The van der Waals surface area contributed by atoms with Crippen molar-refractivity contribution in [3.63, 3.8) is 0 Å². The van der Waals surface area contributed by atoms with Gasteiger partial charge in [-0.15, -0.1) is 0 Å². The first-order chi connectivity index (χ1) is 8.63. The summed E-state index contributed by atoms with van der Waals surface area (Å²) in [6.45, 7) is 5.25. The molecule has 1 aromatic carbocycles. The smallest absolute Gasteiger partial charge is 0.0649 e. The van der Waals surface area contributed by atoms with E-state index in [0.29, 0.717) is 5.92 Å². The number of aromatic nitrogens is 2. The Bertz CT molecular complexity index is 514. The molecule has 3 nitrogen and oxygen atoms in total. The molecule has 0 amide bonds. The van der Waals surface area contributed by atoms with Crippen LogP contribution in [0.15, 0.2) is 34.9 Å². The summed E-state index contributed by atoms with van der Waals surface area (Å²) in [6.07, 6.45) is 1.95. The molecule has 0 bridgehead atoms. The van der Waals surface area contributed by atoms with E-state index in [9.17, 15) is 0 Å². The maximum Gasteiger partial charge on any atom is 0.0649 e. The van der Waals surface area contributed by atoms with Gasteiger partial charge in [0.2, 0.25) is 0 Å². The van der Waals surface area contributed by atoms with Gasteiger partial charge in [0.05, 0.1) is 17.6 Å². The standard InChI is InChI=1S/C14H18BrN3/c1-10(2)14-11(8-16-3)9-17-18(14)13-6-4-12(15)5-7-13/h4-7,9-10,16H,8H2,1-3H3. The van der Waals surface area contributed by atoms with E-state index < -0.39 is 0 Å². The van der Waals surface area contributed by atoms with Crippen LogP contribution in [0.25, 0.3) is 5.69 Å². The summed E-state index contributed by atoms with van der Waals surface area (Å²) < 4.78 is 3.11. The van der Waals surface area contributed by atoms with Crippen molar-refractivity contribution < 1.29 is 0 Å². The van der Waals surface area contributed by atoms with Crippen LogP contribution in [0.2, 0.25) is 0 Å². The van der Waals surface area contributed by atoms with Crippen LogP contribution in [0.3, 0.4) is 0 Å². The van der Waals surface area contributed by atoms with Crippen LogP contribution in [0.5, 0.6) is 0 Å². The van der Waals surface area contributed by atoms with Crippen LogP contribution in [-0.4, -0.2) is 16.8 Å². The minimum atomic E-state index is 0.444. The molecule has 0 spiro atoms. The third kappa shape index (κ3) is 2.65. The van der Waals surface area contributed by atoms with Crippen LogP contribution >= 0.6 is 15.9 Å². The van der Waals surface area contributed by atoms with Gasteiger partial charge >= 0.3 is 0 Å². The lowest BCUT2D eigenvalue weighted by Crippen LogP contribution is -2.10. The Morgan fingerprint density at radius 3 is 2.50 bits per heavy atom. The van der Waals surface area contributed by atoms with E-state index >= 15 is 0 Å². The zero-order valence-corrected chi connectivity index (χ0v) is 12.5. The predicted octanol–water partition coefficient (Wildman–Crippen LogP) is 3.48. The highest BCUT2D eigenvalue weighted by Gasteiger charge is 2.14. The Balaban J connectivity index is 2.47. The molecule has 4 heteroatoms. The Morgan fingerprint density at radius 1 is 1.28 bits per heavy atom. The molecule has 0 saturated heterocycles. The number of rotatable bonds is 4. The lowest BCUT2D eigenvalue weighted by atomic mass is 10.1. The molecule has 0 aliphatic carbocycles. The van der Waals surface area contributed by atoms with E-state index in [4.69, 9.17) is 0 Å². The topological polar surface area (TPSA) is 29.9 Å². The maximum atomic E-state index is 4.52. The second-order valence-corrected chi connectivity index (χ2v) is 5.54. The number of hydrogen-bond donors (Lipinski definition) is 1. The van der Waals surface area contributed by atoms with Crippen LogP contribution in [0.1, 0.15) is 31.0 Å². The fraction of sp³-hybridized carbons (Fsp3) is 0.357. The normalized spacial score (nSPS) is 11.2. The second kappa shape index (κ2) is 5.67. The summed E-state index contributed by atoms with van der Waals surface area (Å²) in [4.78, 5) is 0. The van der Waals surface area contributed by atoms with Crippen molar-refractivity contribution in [2.45, 2.75) is 26.3 Å². The van der Waals surface area contributed by atoms with Crippen molar-refractivity contribution in [1.29, 1.82) is 0 Å². The highest BCUT2D eigenvalue weighted by Crippen LogP contribution is 2.23. The zero-order chi connectivity index (χ0) is 13.1. The first-order valence-corrected chi connectivity index (χ1v) is 6.90. The summed E-state index contributed by atoms with van der Waals surface area (Å²) in [6, 6.07) is 8.23. The summed E-state index contributed by atoms with van der Waals surface area (Å²) in [5, 5.41) is 7.71. The molecule has 0 radical (unpaired) electrons. The van der Waals surface area contributed by atoms with Crippen molar-refractivity contribution in [1.82, 2.24) is 15.1 Å². The molecule has 96 valence electrons. The van der Waals surface area contributed by atoms with Gasteiger partial charge in [-0.25, -0.2) is 4.68 Å². The molecule has 0 aliphatic rings. The van der Waals surface area contributed by atoms with E-state index in [1.165, 1.54) is 11.3 Å². The summed E-state index contributed by atoms with van der Waals surface area (Å²) in [5.41, 5.74) is 3.63. The third-order valence-electron chi connectivity index (χ3n) is 2.87. The molecule has 0 aliphatic heterocycles. The van der Waals surface area contributed by atoms with Gasteiger partial charge in [0.1, 0.15) is 0 Å². The molecule has 0 saturated carbocycles.